The van der Waals surface area contributed by atoms with Gasteiger partial charge in [-0.2, -0.15) is 0 Å². The van der Waals surface area contributed by atoms with Crippen molar-refractivity contribution in [3.05, 3.63) is 35.5 Å². The molecule has 2 N–H and O–H groups in total. The molecule has 0 aliphatic carbocycles. The van der Waals surface area contributed by atoms with E-state index in [0.717, 1.165) is 30.2 Å². The molecule has 0 saturated heterocycles. The summed E-state index contributed by atoms with van der Waals surface area (Å²) in [5.41, 5.74) is 9.49. The molecule has 1 aromatic heterocycles. The van der Waals surface area contributed by atoms with Gasteiger partial charge in [-0.25, -0.2) is 0 Å². The fourth-order valence-corrected chi connectivity index (χ4v) is 3.00. The Hall–Kier alpha value is -1.62. The minimum atomic E-state index is 0.660. The van der Waals surface area contributed by atoms with E-state index in [4.69, 9.17) is 5.73 Å². The lowest BCUT2D eigenvalue weighted by Crippen LogP contribution is -2.34. The standard InChI is InChI=1S/C13H16N4S/c1-9-6-10-4-2-3-5-12(10)17(7-9)8-11-13(14)18-16-15-11/h2-5,9H,6-8,14H2,1H3. The molecule has 0 bridgehead atoms. The molecule has 1 aromatic carbocycles. The number of aromatic nitrogens is 2. The Morgan fingerprint density at radius 1 is 1.44 bits per heavy atom. The smallest absolute Gasteiger partial charge is 0.132 e. The van der Waals surface area contributed by atoms with Gasteiger partial charge in [-0.05, 0) is 24.0 Å². The van der Waals surface area contributed by atoms with E-state index in [9.17, 15) is 0 Å². The van der Waals surface area contributed by atoms with Crippen LogP contribution in [-0.2, 0) is 13.0 Å². The second kappa shape index (κ2) is 4.57. The van der Waals surface area contributed by atoms with Gasteiger partial charge in [-0.15, -0.1) is 5.10 Å². The SMILES string of the molecule is CC1Cc2ccccc2N(Cc2nnsc2N)C1. The summed E-state index contributed by atoms with van der Waals surface area (Å²) in [7, 11) is 0. The van der Waals surface area contributed by atoms with E-state index >= 15 is 0 Å². The van der Waals surface area contributed by atoms with Crippen molar-refractivity contribution in [1.82, 2.24) is 9.59 Å². The van der Waals surface area contributed by atoms with Gasteiger partial charge in [0.15, 0.2) is 0 Å². The fraction of sp³-hybridized carbons (Fsp3) is 0.385. The molecule has 4 nitrogen and oxygen atoms in total. The zero-order chi connectivity index (χ0) is 12.5. The van der Waals surface area contributed by atoms with Gasteiger partial charge in [0, 0.05) is 23.8 Å². The number of benzene rings is 1. The van der Waals surface area contributed by atoms with Crippen LogP contribution in [0, 0.1) is 5.92 Å². The predicted molar refractivity (Wildman–Crippen MR) is 74.7 cm³/mol. The molecule has 18 heavy (non-hydrogen) atoms. The normalized spacial score (nSPS) is 18.7. The Labute approximate surface area is 111 Å². The first-order chi connectivity index (χ1) is 8.74. The van der Waals surface area contributed by atoms with Crippen molar-refractivity contribution in [2.75, 3.05) is 17.2 Å². The molecular weight excluding hydrogens is 244 g/mol. The summed E-state index contributed by atoms with van der Waals surface area (Å²) in [5, 5.41) is 4.84. The monoisotopic (exact) mass is 260 g/mol. The number of para-hydroxylation sites is 1. The van der Waals surface area contributed by atoms with Crippen LogP contribution in [0.4, 0.5) is 10.7 Å². The predicted octanol–water partition coefficient (Wildman–Crippen LogP) is 2.32. The van der Waals surface area contributed by atoms with Crippen LogP contribution in [0.15, 0.2) is 24.3 Å². The highest BCUT2D eigenvalue weighted by atomic mass is 32.1. The first-order valence-corrected chi connectivity index (χ1v) is 6.91. The van der Waals surface area contributed by atoms with E-state index in [1.54, 1.807) is 0 Å². The highest BCUT2D eigenvalue weighted by molar-refractivity contribution is 7.09. The fourth-order valence-electron chi connectivity index (χ4n) is 2.56. The van der Waals surface area contributed by atoms with Gasteiger partial charge in [0.25, 0.3) is 0 Å². The van der Waals surface area contributed by atoms with E-state index in [0.29, 0.717) is 5.92 Å². The minimum absolute atomic E-state index is 0.660. The molecular formula is C13H16N4S. The van der Waals surface area contributed by atoms with Crippen molar-refractivity contribution in [2.45, 2.75) is 19.9 Å². The largest absolute Gasteiger partial charge is 0.388 e. The maximum absolute atomic E-state index is 5.88. The summed E-state index contributed by atoms with van der Waals surface area (Å²) < 4.78 is 3.90. The van der Waals surface area contributed by atoms with Crippen molar-refractivity contribution in [3.8, 4) is 0 Å². The van der Waals surface area contributed by atoms with Crippen molar-refractivity contribution < 1.29 is 0 Å². The van der Waals surface area contributed by atoms with Crippen LogP contribution in [0.1, 0.15) is 18.2 Å². The number of nitrogens with zero attached hydrogens (tertiary/aromatic N) is 3. The summed E-state index contributed by atoms with van der Waals surface area (Å²) in [5.74, 6) is 0.660. The second-order valence-corrected chi connectivity index (χ2v) is 5.69. The van der Waals surface area contributed by atoms with Gasteiger partial charge in [0.1, 0.15) is 10.7 Å². The van der Waals surface area contributed by atoms with Gasteiger partial charge in [0.2, 0.25) is 0 Å². The number of anilines is 2. The molecule has 2 heterocycles. The molecule has 0 spiro atoms. The summed E-state index contributed by atoms with van der Waals surface area (Å²) in [6.45, 7) is 4.09. The van der Waals surface area contributed by atoms with Gasteiger partial charge < -0.3 is 10.6 Å². The number of fused-ring (bicyclic) bond motifs is 1. The van der Waals surface area contributed by atoms with Crippen LogP contribution >= 0.6 is 11.5 Å². The first-order valence-electron chi connectivity index (χ1n) is 6.13. The lowest BCUT2D eigenvalue weighted by Gasteiger charge is -2.34. The third-order valence-electron chi connectivity index (χ3n) is 3.36. The molecule has 0 amide bonds. The van der Waals surface area contributed by atoms with Crippen LogP contribution in [-0.4, -0.2) is 16.1 Å². The highest BCUT2D eigenvalue weighted by Crippen LogP contribution is 2.31. The van der Waals surface area contributed by atoms with E-state index in [1.807, 2.05) is 0 Å². The third-order valence-corrected chi connectivity index (χ3v) is 3.95. The number of nitrogen functional groups attached to an aromatic ring is 1. The maximum atomic E-state index is 5.88. The minimum Gasteiger partial charge on any atom is -0.388 e. The van der Waals surface area contributed by atoms with Crippen LogP contribution in [0.5, 0.6) is 0 Å². The van der Waals surface area contributed by atoms with Gasteiger partial charge in [-0.1, -0.05) is 29.6 Å². The number of nitrogens with two attached hydrogens (primary N) is 1. The number of hydrogen-bond acceptors (Lipinski definition) is 5. The summed E-state index contributed by atoms with van der Waals surface area (Å²) in [6, 6.07) is 8.58. The average molecular weight is 260 g/mol. The molecule has 94 valence electrons. The molecule has 0 fully saturated rings. The van der Waals surface area contributed by atoms with E-state index < -0.39 is 0 Å². The van der Waals surface area contributed by atoms with Crippen molar-refractivity contribution in [1.29, 1.82) is 0 Å². The Bertz CT molecular complexity index is 551. The molecule has 1 unspecified atom stereocenters. The Morgan fingerprint density at radius 2 is 2.28 bits per heavy atom. The van der Waals surface area contributed by atoms with E-state index in [2.05, 4.69) is 45.7 Å². The highest BCUT2D eigenvalue weighted by Gasteiger charge is 2.22. The summed E-state index contributed by atoms with van der Waals surface area (Å²) >= 11 is 1.27. The van der Waals surface area contributed by atoms with Crippen LogP contribution in [0.25, 0.3) is 0 Å². The van der Waals surface area contributed by atoms with Crippen molar-refractivity contribution in [2.24, 2.45) is 5.92 Å². The molecule has 1 aliphatic heterocycles. The van der Waals surface area contributed by atoms with Gasteiger partial charge >= 0.3 is 0 Å². The zero-order valence-corrected chi connectivity index (χ0v) is 11.2. The molecule has 2 aromatic rings. The van der Waals surface area contributed by atoms with Crippen molar-refractivity contribution in [3.63, 3.8) is 0 Å². The average Bonchev–Trinajstić information content (AvgIpc) is 2.75. The molecule has 1 aliphatic rings. The Kier molecular flexibility index (Phi) is 2.91. The lowest BCUT2D eigenvalue weighted by molar-refractivity contribution is 0.528. The molecule has 3 rings (SSSR count). The topological polar surface area (TPSA) is 55.0 Å². The Balaban J connectivity index is 1.91. The Morgan fingerprint density at radius 3 is 3.06 bits per heavy atom. The maximum Gasteiger partial charge on any atom is 0.132 e. The van der Waals surface area contributed by atoms with E-state index in [1.165, 1.54) is 22.8 Å². The van der Waals surface area contributed by atoms with Gasteiger partial charge in [-0.3, -0.25) is 0 Å². The zero-order valence-electron chi connectivity index (χ0n) is 10.3. The number of rotatable bonds is 2. The van der Waals surface area contributed by atoms with Crippen LogP contribution in [0.3, 0.4) is 0 Å². The second-order valence-electron chi connectivity index (χ2n) is 4.90. The van der Waals surface area contributed by atoms with Crippen LogP contribution in [0.2, 0.25) is 0 Å². The molecule has 1 atom stereocenters. The molecule has 5 heteroatoms. The molecule has 0 saturated carbocycles. The van der Waals surface area contributed by atoms with E-state index in [-0.39, 0.29) is 0 Å². The van der Waals surface area contributed by atoms with Crippen LogP contribution < -0.4 is 10.6 Å². The quantitative estimate of drug-likeness (QED) is 0.900. The first kappa shape index (κ1) is 11.5. The lowest BCUT2D eigenvalue weighted by atomic mass is 9.94. The third kappa shape index (κ3) is 2.06. The van der Waals surface area contributed by atoms with Gasteiger partial charge in [0.05, 0.1) is 6.54 Å². The number of hydrogen-bond donors (Lipinski definition) is 1. The molecule has 0 radical (unpaired) electrons. The van der Waals surface area contributed by atoms with Crippen molar-refractivity contribution >= 4 is 22.2 Å². The summed E-state index contributed by atoms with van der Waals surface area (Å²) in [6.07, 6.45) is 1.15. The summed E-state index contributed by atoms with van der Waals surface area (Å²) in [4.78, 5) is 2.36.